The van der Waals surface area contributed by atoms with Crippen LogP contribution >= 0.6 is 0 Å². The van der Waals surface area contributed by atoms with E-state index in [1.54, 1.807) is 0 Å². The van der Waals surface area contributed by atoms with Crippen LogP contribution in [0.25, 0.3) is 0 Å². The van der Waals surface area contributed by atoms with E-state index < -0.39 is 0 Å². The topological polar surface area (TPSA) is 12.0 Å². The molecule has 1 nitrogen and oxygen atoms in total. The maximum atomic E-state index is 3.26. The van der Waals surface area contributed by atoms with Crippen LogP contribution in [0, 0.1) is 0 Å². The fourth-order valence-electron chi connectivity index (χ4n) is 2.15. The van der Waals surface area contributed by atoms with Crippen molar-refractivity contribution in [2.45, 2.75) is 45.4 Å². The molecular formula is C15H25N. The first-order chi connectivity index (χ1) is 7.53. The number of rotatable bonds is 5. The molecule has 0 saturated heterocycles. The summed E-state index contributed by atoms with van der Waals surface area (Å²) in [6.07, 6.45) is 1.18. The Bertz CT molecular complexity index is 328. The van der Waals surface area contributed by atoms with Gasteiger partial charge in [0.05, 0.1) is 0 Å². The summed E-state index contributed by atoms with van der Waals surface area (Å²) in [5.74, 6) is 0.576. The van der Waals surface area contributed by atoms with Crippen molar-refractivity contribution < 1.29 is 0 Å². The molecule has 1 rings (SSSR count). The lowest BCUT2D eigenvalue weighted by Gasteiger charge is -2.28. The molecule has 0 spiro atoms. The summed E-state index contributed by atoms with van der Waals surface area (Å²) in [5, 5.41) is 3.26. The predicted molar refractivity (Wildman–Crippen MR) is 72.1 cm³/mol. The van der Waals surface area contributed by atoms with E-state index in [1.807, 2.05) is 7.05 Å². The summed E-state index contributed by atoms with van der Waals surface area (Å²) >= 11 is 0. The second-order valence-corrected chi connectivity index (χ2v) is 5.28. The van der Waals surface area contributed by atoms with Crippen LogP contribution in [0.4, 0.5) is 0 Å². The van der Waals surface area contributed by atoms with Crippen molar-refractivity contribution in [3.63, 3.8) is 0 Å². The highest BCUT2D eigenvalue weighted by Crippen LogP contribution is 2.32. The van der Waals surface area contributed by atoms with E-state index in [0.29, 0.717) is 5.92 Å². The van der Waals surface area contributed by atoms with Crippen LogP contribution in [0.5, 0.6) is 0 Å². The zero-order valence-corrected chi connectivity index (χ0v) is 11.3. The van der Waals surface area contributed by atoms with Crippen molar-refractivity contribution in [2.75, 3.05) is 13.6 Å². The maximum absolute atomic E-state index is 3.26. The molecule has 0 aromatic heterocycles. The van der Waals surface area contributed by atoms with E-state index in [0.717, 1.165) is 6.54 Å². The molecule has 0 fully saturated rings. The molecule has 1 atom stereocenters. The van der Waals surface area contributed by atoms with E-state index in [1.165, 1.54) is 17.5 Å². The van der Waals surface area contributed by atoms with E-state index >= 15 is 0 Å². The summed E-state index contributed by atoms with van der Waals surface area (Å²) in [7, 11) is 2.02. The number of hydrogen-bond acceptors (Lipinski definition) is 1. The van der Waals surface area contributed by atoms with Crippen LogP contribution in [0.15, 0.2) is 24.3 Å². The van der Waals surface area contributed by atoms with Crippen LogP contribution in [0.1, 0.15) is 51.2 Å². The van der Waals surface area contributed by atoms with Gasteiger partial charge in [0.1, 0.15) is 0 Å². The van der Waals surface area contributed by atoms with E-state index in [4.69, 9.17) is 0 Å². The number of likely N-dealkylation sites (N-methyl/N-ethyl adjacent to an activating group) is 1. The standard InChI is InChI=1S/C15H25N/c1-6-15(3,4)14-10-8-7-9-13(14)12(2)11-16-5/h7-10,12,16H,6,11H2,1-5H3. The van der Waals surface area contributed by atoms with Crippen LogP contribution < -0.4 is 5.32 Å². The molecule has 1 aromatic carbocycles. The zero-order chi connectivity index (χ0) is 12.2. The van der Waals surface area contributed by atoms with E-state index in [2.05, 4.69) is 57.3 Å². The lowest BCUT2D eigenvalue weighted by atomic mass is 9.77. The number of benzene rings is 1. The highest BCUT2D eigenvalue weighted by molar-refractivity contribution is 5.35. The summed E-state index contributed by atoms with van der Waals surface area (Å²) in [4.78, 5) is 0. The lowest BCUT2D eigenvalue weighted by molar-refractivity contribution is 0.495. The Kier molecular flexibility index (Phi) is 4.55. The largest absolute Gasteiger partial charge is 0.319 e. The van der Waals surface area contributed by atoms with Crippen LogP contribution in [0.3, 0.4) is 0 Å². The normalized spacial score (nSPS) is 13.8. The maximum Gasteiger partial charge on any atom is 0.00145 e. The van der Waals surface area contributed by atoms with Crippen molar-refractivity contribution in [3.8, 4) is 0 Å². The average Bonchev–Trinajstić information content (AvgIpc) is 2.29. The van der Waals surface area contributed by atoms with Crippen molar-refractivity contribution in [1.29, 1.82) is 0 Å². The number of nitrogens with one attached hydrogen (secondary N) is 1. The van der Waals surface area contributed by atoms with Gasteiger partial charge in [0, 0.05) is 6.54 Å². The molecule has 0 saturated carbocycles. The van der Waals surface area contributed by atoms with Gasteiger partial charge in [-0.1, -0.05) is 52.0 Å². The van der Waals surface area contributed by atoms with Gasteiger partial charge in [-0.15, -0.1) is 0 Å². The van der Waals surface area contributed by atoms with Gasteiger partial charge in [-0.25, -0.2) is 0 Å². The first-order valence-corrected chi connectivity index (χ1v) is 6.27. The van der Waals surface area contributed by atoms with Crippen molar-refractivity contribution in [1.82, 2.24) is 5.32 Å². The molecule has 0 aliphatic heterocycles. The Labute approximate surface area is 100 Å². The lowest BCUT2D eigenvalue weighted by Crippen LogP contribution is -2.22. The minimum absolute atomic E-state index is 0.276. The van der Waals surface area contributed by atoms with Gasteiger partial charge in [-0.3, -0.25) is 0 Å². The Hall–Kier alpha value is -0.820. The van der Waals surface area contributed by atoms with Crippen LogP contribution in [0.2, 0.25) is 0 Å². The minimum Gasteiger partial charge on any atom is -0.319 e. The third-order valence-corrected chi connectivity index (χ3v) is 3.62. The van der Waals surface area contributed by atoms with Gasteiger partial charge in [0.15, 0.2) is 0 Å². The van der Waals surface area contributed by atoms with Gasteiger partial charge in [-0.2, -0.15) is 0 Å². The molecule has 1 aromatic rings. The molecule has 1 heteroatoms. The molecule has 1 N–H and O–H groups in total. The van der Waals surface area contributed by atoms with Crippen LogP contribution in [-0.4, -0.2) is 13.6 Å². The smallest absolute Gasteiger partial charge is 0.00145 e. The fraction of sp³-hybridized carbons (Fsp3) is 0.600. The van der Waals surface area contributed by atoms with Gasteiger partial charge < -0.3 is 5.32 Å². The molecule has 0 amide bonds. The third kappa shape index (κ3) is 2.85. The first-order valence-electron chi connectivity index (χ1n) is 6.27. The Balaban J connectivity index is 3.09. The summed E-state index contributed by atoms with van der Waals surface area (Å²) in [6.45, 7) is 10.3. The van der Waals surface area contributed by atoms with Crippen molar-refractivity contribution in [2.24, 2.45) is 0 Å². The molecule has 0 heterocycles. The predicted octanol–water partition coefficient (Wildman–Crippen LogP) is 3.70. The van der Waals surface area contributed by atoms with Gasteiger partial charge in [0.25, 0.3) is 0 Å². The summed E-state index contributed by atoms with van der Waals surface area (Å²) in [5.41, 5.74) is 3.27. The molecule has 0 aliphatic rings. The second-order valence-electron chi connectivity index (χ2n) is 5.28. The van der Waals surface area contributed by atoms with Gasteiger partial charge >= 0.3 is 0 Å². The average molecular weight is 219 g/mol. The van der Waals surface area contributed by atoms with Gasteiger partial charge in [-0.05, 0) is 35.9 Å². The minimum atomic E-state index is 0.276. The Morgan fingerprint density at radius 1 is 1.25 bits per heavy atom. The third-order valence-electron chi connectivity index (χ3n) is 3.62. The van der Waals surface area contributed by atoms with E-state index in [-0.39, 0.29) is 5.41 Å². The summed E-state index contributed by atoms with van der Waals surface area (Å²) in [6, 6.07) is 8.86. The second kappa shape index (κ2) is 5.49. The Morgan fingerprint density at radius 3 is 2.44 bits per heavy atom. The highest BCUT2D eigenvalue weighted by Gasteiger charge is 2.22. The molecule has 0 aliphatic carbocycles. The molecule has 16 heavy (non-hydrogen) atoms. The molecule has 0 radical (unpaired) electrons. The van der Waals surface area contributed by atoms with Crippen LogP contribution in [-0.2, 0) is 5.41 Å². The van der Waals surface area contributed by atoms with Crippen molar-refractivity contribution in [3.05, 3.63) is 35.4 Å². The monoisotopic (exact) mass is 219 g/mol. The molecule has 0 bridgehead atoms. The fourth-order valence-corrected chi connectivity index (χ4v) is 2.15. The zero-order valence-electron chi connectivity index (χ0n) is 11.3. The molecule has 90 valence electrons. The quantitative estimate of drug-likeness (QED) is 0.796. The molecular weight excluding hydrogens is 194 g/mol. The summed E-state index contributed by atoms with van der Waals surface area (Å²) < 4.78 is 0. The highest BCUT2D eigenvalue weighted by atomic mass is 14.8. The van der Waals surface area contributed by atoms with E-state index in [9.17, 15) is 0 Å². The Morgan fingerprint density at radius 2 is 1.88 bits per heavy atom. The number of hydrogen-bond donors (Lipinski definition) is 1. The SMILES string of the molecule is CCC(C)(C)c1ccccc1C(C)CNC. The van der Waals surface area contributed by atoms with Gasteiger partial charge in [0.2, 0.25) is 0 Å². The molecule has 1 unspecified atom stereocenters. The van der Waals surface area contributed by atoms with Crippen molar-refractivity contribution >= 4 is 0 Å². The first kappa shape index (κ1) is 13.2.